The minimum Gasteiger partial charge on any atom is -0.305 e. The second-order valence-electron chi connectivity index (χ2n) is 6.38. The lowest BCUT2D eigenvalue weighted by Gasteiger charge is -2.06. The summed E-state index contributed by atoms with van der Waals surface area (Å²) in [5.74, 6) is 1.22. The van der Waals surface area contributed by atoms with Crippen molar-refractivity contribution in [1.29, 1.82) is 0 Å². The molecule has 8 heteroatoms. The van der Waals surface area contributed by atoms with E-state index in [2.05, 4.69) is 25.4 Å². The summed E-state index contributed by atoms with van der Waals surface area (Å²) in [6.45, 7) is 2.65. The van der Waals surface area contributed by atoms with Crippen LogP contribution in [0.1, 0.15) is 29.2 Å². The molecule has 26 heavy (non-hydrogen) atoms. The van der Waals surface area contributed by atoms with Crippen LogP contribution in [0.2, 0.25) is 5.15 Å². The van der Waals surface area contributed by atoms with Crippen LogP contribution in [-0.4, -0.2) is 30.6 Å². The zero-order valence-electron chi connectivity index (χ0n) is 14.2. The molecule has 4 rings (SSSR count). The quantitative estimate of drug-likeness (QED) is 0.698. The van der Waals surface area contributed by atoms with E-state index in [9.17, 15) is 4.79 Å². The molecular weight excluding hydrogens is 352 g/mol. The normalized spacial score (nSPS) is 13.6. The van der Waals surface area contributed by atoms with Gasteiger partial charge in [0, 0.05) is 24.4 Å². The Labute approximate surface area is 155 Å². The maximum Gasteiger partial charge on any atom is 0.275 e. The summed E-state index contributed by atoms with van der Waals surface area (Å²) in [6, 6.07) is 6.82. The van der Waals surface area contributed by atoms with Gasteiger partial charge in [-0.2, -0.15) is 5.10 Å². The minimum absolute atomic E-state index is 0.276. The van der Waals surface area contributed by atoms with Gasteiger partial charge in [-0.05, 0) is 37.8 Å². The van der Waals surface area contributed by atoms with Gasteiger partial charge in [0.25, 0.3) is 5.91 Å². The van der Waals surface area contributed by atoms with Gasteiger partial charge in [0.15, 0.2) is 0 Å². The van der Waals surface area contributed by atoms with Crippen molar-refractivity contribution in [2.45, 2.75) is 26.3 Å². The average molecular weight is 369 g/mol. The predicted octanol–water partition coefficient (Wildman–Crippen LogP) is 3.36. The van der Waals surface area contributed by atoms with Crippen LogP contribution in [0.5, 0.6) is 0 Å². The molecule has 3 heterocycles. The zero-order valence-corrected chi connectivity index (χ0v) is 14.9. The molecule has 132 valence electrons. The molecule has 0 radical (unpaired) electrons. The fourth-order valence-corrected chi connectivity index (χ4v) is 2.88. The Bertz CT molecular complexity index is 946. The predicted molar refractivity (Wildman–Crippen MR) is 97.9 cm³/mol. The highest BCUT2D eigenvalue weighted by Crippen LogP contribution is 2.30. The first kappa shape index (κ1) is 16.7. The molecule has 0 bridgehead atoms. The summed E-state index contributed by atoms with van der Waals surface area (Å²) in [5, 5.41) is 7.35. The Morgan fingerprint density at radius 3 is 2.92 bits per heavy atom. The monoisotopic (exact) mass is 368 g/mol. The first-order chi connectivity index (χ1) is 12.6. The second-order valence-corrected chi connectivity index (χ2v) is 6.77. The average Bonchev–Trinajstić information content (AvgIpc) is 3.29. The summed E-state index contributed by atoms with van der Waals surface area (Å²) in [7, 11) is 0. The number of rotatable bonds is 5. The van der Waals surface area contributed by atoms with Gasteiger partial charge in [0.05, 0.1) is 11.9 Å². The van der Waals surface area contributed by atoms with Gasteiger partial charge in [-0.25, -0.2) is 15.0 Å². The lowest BCUT2D eigenvalue weighted by molar-refractivity contribution is 0.102. The number of hydrogen-bond acceptors (Lipinski definition) is 5. The number of carbonyl (C=O) groups excluding carboxylic acids is 1. The highest BCUT2D eigenvalue weighted by molar-refractivity contribution is 6.29. The Balaban J connectivity index is 1.52. The second kappa shape index (κ2) is 6.84. The van der Waals surface area contributed by atoms with Gasteiger partial charge < -0.3 is 5.32 Å². The number of nitrogens with zero attached hydrogens (tertiary/aromatic N) is 5. The summed E-state index contributed by atoms with van der Waals surface area (Å²) in [6.07, 6.45) is 6.29. The Hall–Kier alpha value is -2.80. The lowest BCUT2D eigenvalue weighted by atomic mass is 10.2. The van der Waals surface area contributed by atoms with E-state index in [0.29, 0.717) is 23.0 Å². The Morgan fingerprint density at radius 1 is 1.31 bits per heavy atom. The number of aryl methyl sites for hydroxylation is 1. The van der Waals surface area contributed by atoms with Crippen molar-refractivity contribution in [2.24, 2.45) is 5.92 Å². The molecule has 1 aliphatic carbocycles. The van der Waals surface area contributed by atoms with E-state index in [-0.39, 0.29) is 11.1 Å². The first-order valence-corrected chi connectivity index (χ1v) is 8.77. The molecule has 1 amide bonds. The van der Waals surface area contributed by atoms with E-state index in [1.807, 2.05) is 16.9 Å². The van der Waals surface area contributed by atoms with Crippen LogP contribution in [0.25, 0.3) is 11.3 Å². The fourth-order valence-electron chi connectivity index (χ4n) is 2.66. The fraction of sp³-hybridized carbons (Fsp3) is 0.278. The zero-order chi connectivity index (χ0) is 18.1. The molecule has 0 unspecified atom stereocenters. The third-order valence-corrected chi connectivity index (χ3v) is 4.29. The van der Waals surface area contributed by atoms with Gasteiger partial charge in [-0.3, -0.25) is 9.48 Å². The number of anilines is 1. The van der Waals surface area contributed by atoms with Crippen molar-refractivity contribution in [2.75, 3.05) is 5.32 Å². The van der Waals surface area contributed by atoms with Gasteiger partial charge in [-0.1, -0.05) is 17.7 Å². The van der Waals surface area contributed by atoms with Crippen molar-refractivity contribution in [3.05, 3.63) is 53.3 Å². The van der Waals surface area contributed by atoms with E-state index in [1.165, 1.54) is 18.9 Å². The van der Waals surface area contributed by atoms with Gasteiger partial charge in [0.1, 0.15) is 22.5 Å². The van der Waals surface area contributed by atoms with Crippen LogP contribution in [-0.2, 0) is 6.54 Å². The van der Waals surface area contributed by atoms with Crippen molar-refractivity contribution in [3.63, 3.8) is 0 Å². The first-order valence-electron chi connectivity index (χ1n) is 8.39. The molecule has 1 aliphatic rings. The smallest absolute Gasteiger partial charge is 0.275 e. The van der Waals surface area contributed by atoms with Crippen molar-refractivity contribution in [3.8, 4) is 11.3 Å². The van der Waals surface area contributed by atoms with Crippen LogP contribution in [0.15, 0.2) is 36.7 Å². The summed E-state index contributed by atoms with van der Waals surface area (Å²) >= 11 is 5.90. The Morgan fingerprint density at radius 2 is 2.15 bits per heavy atom. The molecule has 1 N–H and O–H groups in total. The number of aromatic nitrogens is 5. The van der Waals surface area contributed by atoms with Crippen LogP contribution < -0.4 is 5.32 Å². The van der Waals surface area contributed by atoms with E-state index >= 15 is 0 Å². The molecule has 3 aromatic heterocycles. The standard InChI is InChI=1S/C18H17ClN6O/c1-11-21-16(19)7-17(22-11)24-18(26)15-4-2-3-14(23-15)13-8-20-25(10-13)9-12-5-6-12/h2-4,7-8,10,12H,5-6,9H2,1H3,(H,21,22,24,26). The Kier molecular flexibility index (Phi) is 4.38. The third-order valence-electron chi connectivity index (χ3n) is 4.10. The molecule has 0 spiro atoms. The van der Waals surface area contributed by atoms with Crippen molar-refractivity contribution < 1.29 is 4.79 Å². The molecule has 0 atom stereocenters. The highest BCUT2D eigenvalue weighted by atomic mass is 35.5. The number of pyridine rings is 1. The third kappa shape index (κ3) is 3.88. The van der Waals surface area contributed by atoms with Crippen LogP contribution in [0.3, 0.4) is 0 Å². The minimum atomic E-state index is -0.355. The number of carbonyl (C=O) groups is 1. The van der Waals surface area contributed by atoms with E-state index in [4.69, 9.17) is 11.6 Å². The van der Waals surface area contributed by atoms with Crippen molar-refractivity contribution in [1.82, 2.24) is 24.7 Å². The summed E-state index contributed by atoms with van der Waals surface area (Å²) in [5.41, 5.74) is 1.89. The number of nitrogens with one attached hydrogen (secondary N) is 1. The van der Waals surface area contributed by atoms with Gasteiger partial charge in [0.2, 0.25) is 0 Å². The number of hydrogen-bond donors (Lipinski definition) is 1. The van der Waals surface area contributed by atoms with Gasteiger partial charge >= 0.3 is 0 Å². The highest BCUT2D eigenvalue weighted by Gasteiger charge is 2.22. The molecule has 1 fully saturated rings. The molecule has 0 aromatic carbocycles. The summed E-state index contributed by atoms with van der Waals surface area (Å²) < 4.78 is 1.94. The summed E-state index contributed by atoms with van der Waals surface area (Å²) in [4.78, 5) is 25.1. The van der Waals surface area contributed by atoms with E-state index in [1.54, 1.807) is 25.3 Å². The number of halogens is 1. The topological polar surface area (TPSA) is 85.6 Å². The van der Waals surface area contributed by atoms with Crippen molar-refractivity contribution >= 4 is 23.3 Å². The van der Waals surface area contributed by atoms with Gasteiger partial charge in [-0.15, -0.1) is 0 Å². The molecule has 3 aromatic rings. The van der Waals surface area contributed by atoms with E-state index < -0.39 is 0 Å². The number of amides is 1. The maximum absolute atomic E-state index is 12.5. The van der Waals surface area contributed by atoms with Crippen LogP contribution in [0.4, 0.5) is 5.82 Å². The molecular formula is C18H17ClN6O. The molecule has 1 saturated carbocycles. The lowest BCUT2D eigenvalue weighted by Crippen LogP contribution is -2.15. The largest absolute Gasteiger partial charge is 0.305 e. The SMILES string of the molecule is Cc1nc(Cl)cc(NC(=O)c2cccc(-c3cnn(CC4CC4)c3)n2)n1. The molecule has 0 saturated heterocycles. The van der Waals surface area contributed by atoms with Crippen LogP contribution in [0, 0.1) is 12.8 Å². The van der Waals surface area contributed by atoms with Crippen LogP contribution >= 0.6 is 11.6 Å². The molecule has 7 nitrogen and oxygen atoms in total. The van der Waals surface area contributed by atoms with E-state index in [0.717, 1.165) is 18.0 Å². The maximum atomic E-state index is 12.5. The molecule has 0 aliphatic heterocycles.